The van der Waals surface area contributed by atoms with Crippen molar-refractivity contribution in [3.8, 4) is 0 Å². The molecule has 0 saturated heterocycles. The van der Waals surface area contributed by atoms with Crippen molar-refractivity contribution in [3.05, 3.63) is 58.1 Å². The van der Waals surface area contributed by atoms with Crippen LogP contribution in [0.4, 0.5) is 23.2 Å². The summed E-state index contributed by atoms with van der Waals surface area (Å²) in [6.45, 7) is 0. The lowest BCUT2D eigenvalue weighted by atomic mass is 10.2. The summed E-state index contributed by atoms with van der Waals surface area (Å²) < 4.78 is 75.1. The molecule has 0 saturated carbocycles. The number of benzene rings is 2. The number of hydrogen-bond donors (Lipinski definition) is 2. The molecule has 0 spiro atoms. The van der Waals surface area contributed by atoms with Crippen LogP contribution in [0.5, 0.6) is 0 Å². The number of nitrogens with one attached hydrogen (secondary N) is 1. The number of hydrogen-bond acceptors (Lipinski definition) is 3. The molecule has 2 aromatic rings. The van der Waals surface area contributed by atoms with Crippen molar-refractivity contribution in [1.82, 2.24) is 0 Å². The molecular formula is C13H7ClF4N2O3S. The third-order valence-electron chi connectivity index (χ3n) is 2.81. The molecule has 0 aliphatic rings. The zero-order valence-corrected chi connectivity index (χ0v) is 13.0. The molecule has 128 valence electrons. The summed E-state index contributed by atoms with van der Waals surface area (Å²) in [5.74, 6) is -7.24. The molecule has 0 unspecified atom stereocenters. The van der Waals surface area contributed by atoms with E-state index in [1.807, 2.05) is 5.32 Å². The summed E-state index contributed by atoms with van der Waals surface area (Å²) in [7, 11) is -4.48. The number of halogens is 5. The monoisotopic (exact) mass is 382 g/mol. The van der Waals surface area contributed by atoms with Crippen LogP contribution in [-0.4, -0.2) is 14.3 Å². The zero-order valence-electron chi connectivity index (χ0n) is 11.4. The first-order chi connectivity index (χ1) is 11.0. The normalized spacial score (nSPS) is 11.4. The first-order valence-corrected chi connectivity index (χ1v) is 7.91. The van der Waals surface area contributed by atoms with Crippen LogP contribution in [0.2, 0.25) is 5.02 Å². The van der Waals surface area contributed by atoms with Gasteiger partial charge in [-0.25, -0.2) is 31.1 Å². The highest BCUT2D eigenvalue weighted by Crippen LogP contribution is 2.25. The van der Waals surface area contributed by atoms with E-state index in [4.69, 9.17) is 16.7 Å². The van der Waals surface area contributed by atoms with Gasteiger partial charge in [-0.15, -0.1) is 0 Å². The van der Waals surface area contributed by atoms with Crippen molar-refractivity contribution in [2.75, 3.05) is 5.32 Å². The molecule has 0 atom stereocenters. The Morgan fingerprint density at radius 3 is 2.04 bits per heavy atom. The van der Waals surface area contributed by atoms with Gasteiger partial charge in [0, 0.05) is 17.8 Å². The van der Waals surface area contributed by atoms with Crippen LogP contribution in [-0.2, 0) is 10.0 Å². The van der Waals surface area contributed by atoms with Crippen LogP contribution in [0.1, 0.15) is 10.4 Å². The Labute approximate surface area is 138 Å². The molecule has 0 fully saturated rings. The largest absolute Gasteiger partial charge is 0.322 e. The second-order valence-corrected chi connectivity index (χ2v) is 6.45. The lowest BCUT2D eigenvalue weighted by Gasteiger charge is -2.09. The van der Waals surface area contributed by atoms with Gasteiger partial charge < -0.3 is 5.32 Å². The van der Waals surface area contributed by atoms with Crippen LogP contribution >= 0.6 is 11.6 Å². The Hall–Kier alpha value is -2.17. The van der Waals surface area contributed by atoms with Gasteiger partial charge in [-0.3, -0.25) is 4.79 Å². The highest BCUT2D eigenvalue weighted by Gasteiger charge is 2.21. The van der Waals surface area contributed by atoms with Gasteiger partial charge >= 0.3 is 0 Å². The number of carbonyl (C=O) groups is 1. The van der Waals surface area contributed by atoms with Gasteiger partial charge in [0.15, 0.2) is 17.5 Å². The van der Waals surface area contributed by atoms with Crippen molar-refractivity contribution in [2.45, 2.75) is 4.90 Å². The Morgan fingerprint density at radius 1 is 1.00 bits per heavy atom. The second kappa shape index (κ2) is 6.38. The molecule has 0 radical (unpaired) electrons. The standard InChI is InChI=1S/C13H7ClF4N2O3S/c14-7-4-8(15)11(24(19,22)23)3-6(7)13(21)20-5-1-9(16)12(18)10(17)2-5/h1-4H,(H,20,21)(H2,19,22,23). The zero-order chi connectivity index (χ0) is 18.2. The number of primary sulfonamides is 1. The molecule has 1 amide bonds. The summed E-state index contributed by atoms with van der Waals surface area (Å²) in [4.78, 5) is 11.0. The smallest absolute Gasteiger partial charge is 0.257 e. The van der Waals surface area contributed by atoms with Crippen LogP contribution in [0.25, 0.3) is 0 Å². The Morgan fingerprint density at radius 2 is 1.54 bits per heavy atom. The SMILES string of the molecule is NS(=O)(=O)c1cc(C(=O)Nc2cc(F)c(F)c(F)c2)c(Cl)cc1F. The summed E-state index contributed by atoms with van der Waals surface area (Å²) in [5.41, 5.74) is -0.985. The summed E-state index contributed by atoms with van der Waals surface area (Å²) in [5, 5.41) is 6.31. The van der Waals surface area contributed by atoms with E-state index in [-0.39, 0.29) is 0 Å². The first kappa shape index (κ1) is 18.2. The lowest BCUT2D eigenvalue weighted by Crippen LogP contribution is -2.18. The lowest BCUT2D eigenvalue weighted by molar-refractivity contribution is 0.102. The molecule has 2 rings (SSSR count). The van der Waals surface area contributed by atoms with E-state index in [0.29, 0.717) is 24.3 Å². The third kappa shape index (κ3) is 3.66. The average Bonchev–Trinajstić information content (AvgIpc) is 2.43. The first-order valence-electron chi connectivity index (χ1n) is 5.98. The minimum Gasteiger partial charge on any atom is -0.322 e. The number of nitrogens with two attached hydrogens (primary N) is 1. The van der Waals surface area contributed by atoms with Gasteiger partial charge in [0.2, 0.25) is 10.0 Å². The maximum absolute atomic E-state index is 13.6. The molecule has 11 heteroatoms. The summed E-state index contributed by atoms with van der Waals surface area (Å²) in [6.07, 6.45) is 0. The second-order valence-electron chi connectivity index (χ2n) is 4.52. The van der Waals surface area contributed by atoms with E-state index in [1.54, 1.807) is 0 Å². The van der Waals surface area contributed by atoms with E-state index in [1.165, 1.54) is 0 Å². The van der Waals surface area contributed by atoms with Crippen LogP contribution < -0.4 is 10.5 Å². The fraction of sp³-hybridized carbons (Fsp3) is 0. The van der Waals surface area contributed by atoms with Crippen LogP contribution in [0, 0.1) is 23.3 Å². The number of anilines is 1. The van der Waals surface area contributed by atoms with Gasteiger partial charge in [0.25, 0.3) is 5.91 Å². The average molecular weight is 383 g/mol. The number of rotatable bonds is 3. The fourth-order valence-corrected chi connectivity index (χ4v) is 2.60. The highest BCUT2D eigenvalue weighted by molar-refractivity contribution is 7.89. The van der Waals surface area contributed by atoms with Gasteiger partial charge in [-0.2, -0.15) is 0 Å². The van der Waals surface area contributed by atoms with Crippen LogP contribution in [0.15, 0.2) is 29.2 Å². The van der Waals surface area contributed by atoms with Crippen molar-refractivity contribution < 1.29 is 30.8 Å². The minimum atomic E-state index is -4.48. The molecule has 0 aliphatic heterocycles. The van der Waals surface area contributed by atoms with Gasteiger partial charge in [0.05, 0.1) is 10.6 Å². The Kier molecular flexibility index (Phi) is 4.83. The predicted octanol–water partition coefficient (Wildman–Crippen LogP) is 2.80. The molecule has 0 heterocycles. The molecule has 2 aromatic carbocycles. The van der Waals surface area contributed by atoms with E-state index >= 15 is 0 Å². The molecule has 5 nitrogen and oxygen atoms in total. The van der Waals surface area contributed by atoms with Crippen LogP contribution in [0.3, 0.4) is 0 Å². The number of carbonyl (C=O) groups excluding carboxylic acids is 1. The van der Waals surface area contributed by atoms with Crippen molar-refractivity contribution in [1.29, 1.82) is 0 Å². The van der Waals surface area contributed by atoms with E-state index in [9.17, 15) is 30.8 Å². The van der Waals surface area contributed by atoms with E-state index in [2.05, 4.69) is 0 Å². The quantitative estimate of drug-likeness (QED) is 0.632. The number of amides is 1. The molecule has 0 aliphatic carbocycles. The fourth-order valence-electron chi connectivity index (χ4n) is 1.75. The maximum atomic E-state index is 13.6. The highest BCUT2D eigenvalue weighted by atomic mass is 35.5. The van der Waals surface area contributed by atoms with Gasteiger partial charge in [-0.1, -0.05) is 11.6 Å². The summed E-state index contributed by atoms with van der Waals surface area (Å²) in [6, 6.07) is 2.10. The van der Waals surface area contributed by atoms with Gasteiger partial charge in [0.1, 0.15) is 10.7 Å². The van der Waals surface area contributed by atoms with Crippen molar-refractivity contribution >= 4 is 33.2 Å². The maximum Gasteiger partial charge on any atom is 0.257 e. The molecule has 0 aromatic heterocycles. The topological polar surface area (TPSA) is 89.3 Å². The molecule has 0 bridgehead atoms. The number of sulfonamides is 1. The van der Waals surface area contributed by atoms with Gasteiger partial charge in [-0.05, 0) is 12.1 Å². The molecule has 3 N–H and O–H groups in total. The van der Waals surface area contributed by atoms with Crippen molar-refractivity contribution in [3.63, 3.8) is 0 Å². The molecule has 24 heavy (non-hydrogen) atoms. The van der Waals surface area contributed by atoms with Crippen molar-refractivity contribution in [2.24, 2.45) is 5.14 Å². The minimum absolute atomic E-state index is 0.464. The van der Waals surface area contributed by atoms with E-state index in [0.717, 1.165) is 0 Å². The third-order valence-corrected chi connectivity index (χ3v) is 4.05. The summed E-state index contributed by atoms with van der Waals surface area (Å²) >= 11 is 5.66. The predicted molar refractivity (Wildman–Crippen MR) is 77.1 cm³/mol. The molecular weight excluding hydrogens is 376 g/mol. The van der Waals surface area contributed by atoms with E-state index < -0.39 is 60.4 Å². The Bertz CT molecular complexity index is 927. The Balaban J connectivity index is 2.44.